The maximum absolute atomic E-state index is 12.8. The summed E-state index contributed by atoms with van der Waals surface area (Å²) in [4.78, 5) is 25.0. The van der Waals surface area contributed by atoms with Gasteiger partial charge in [-0.3, -0.25) is 14.9 Å². The molecule has 2 amide bonds. The monoisotopic (exact) mass is 473 g/mol. The van der Waals surface area contributed by atoms with E-state index in [1.54, 1.807) is 48.5 Å². The first-order valence-corrected chi connectivity index (χ1v) is 11.0. The number of benzene rings is 4. The van der Waals surface area contributed by atoms with Gasteiger partial charge in [0.25, 0.3) is 5.91 Å². The molecule has 7 heteroatoms. The molecule has 0 aromatic heterocycles. The first kappa shape index (κ1) is 22.5. The van der Waals surface area contributed by atoms with Crippen molar-refractivity contribution in [3.63, 3.8) is 0 Å². The third-order valence-electron chi connectivity index (χ3n) is 4.97. The maximum Gasteiger partial charge on any atom is 0.258 e. The van der Waals surface area contributed by atoms with Crippen LogP contribution < -0.4 is 16.0 Å². The number of hydrogen-bond acceptors (Lipinski definition) is 3. The van der Waals surface area contributed by atoms with Crippen molar-refractivity contribution in [2.24, 2.45) is 0 Å². The molecule has 0 bridgehead atoms. The summed E-state index contributed by atoms with van der Waals surface area (Å²) in [6.07, 6.45) is 0.302. The van der Waals surface area contributed by atoms with Crippen molar-refractivity contribution in [1.82, 2.24) is 5.32 Å². The summed E-state index contributed by atoms with van der Waals surface area (Å²) in [6, 6.07) is 27.4. The summed E-state index contributed by atoms with van der Waals surface area (Å²) in [7, 11) is 0. The number of rotatable bonds is 5. The van der Waals surface area contributed by atoms with Gasteiger partial charge in [-0.05, 0) is 59.6 Å². The number of nitrogens with one attached hydrogen (secondary N) is 3. The minimum atomic E-state index is -0.329. The van der Waals surface area contributed by atoms with Crippen LogP contribution in [0.25, 0.3) is 10.8 Å². The SMILES string of the molecule is O=C(Cc1ccccc1)Nc1ccc(NC(=S)NC(=O)c2cccc3c(Cl)cccc23)cc1. The average Bonchev–Trinajstić information content (AvgIpc) is 2.81. The smallest absolute Gasteiger partial charge is 0.258 e. The summed E-state index contributed by atoms with van der Waals surface area (Å²) >= 11 is 11.5. The Bertz CT molecular complexity index is 1320. The van der Waals surface area contributed by atoms with Gasteiger partial charge in [0.2, 0.25) is 5.91 Å². The summed E-state index contributed by atoms with van der Waals surface area (Å²) in [5.41, 5.74) is 2.78. The van der Waals surface area contributed by atoms with Gasteiger partial charge in [-0.25, -0.2) is 0 Å². The molecule has 0 atom stereocenters. The average molecular weight is 474 g/mol. The van der Waals surface area contributed by atoms with Crippen molar-refractivity contribution in [3.8, 4) is 0 Å². The largest absolute Gasteiger partial charge is 0.332 e. The Balaban J connectivity index is 1.35. The number of amides is 2. The Hall–Kier alpha value is -3.74. The molecule has 0 heterocycles. The highest BCUT2D eigenvalue weighted by Crippen LogP contribution is 2.26. The van der Waals surface area contributed by atoms with Crippen LogP contribution in [0.4, 0.5) is 11.4 Å². The second kappa shape index (κ2) is 10.3. The normalized spacial score (nSPS) is 10.5. The highest BCUT2D eigenvalue weighted by molar-refractivity contribution is 7.80. The van der Waals surface area contributed by atoms with E-state index in [0.29, 0.717) is 28.4 Å². The predicted molar refractivity (Wildman–Crippen MR) is 138 cm³/mol. The lowest BCUT2D eigenvalue weighted by atomic mass is 10.0. The van der Waals surface area contributed by atoms with Gasteiger partial charge in [0.15, 0.2) is 5.11 Å². The third-order valence-corrected chi connectivity index (χ3v) is 5.51. The number of thiocarbonyl (C=S) groups is 1. The minimum absolute atomic E-state index is 0.0973. The Kier molecular flexibility index (Phi) is 6.98. The zero-order valence-electron chi connectivity index (χ0n) is 17.5. The van der Waals surface area contributed by atoms with E-state index in [4.69, 9.17) is 23.8 Å². The molecule has 33 heavy (non-hydrogen) atoms. The lowest BCUT2D eigenvalue weighted by molar-refractivity contribution is -0.115. The number of fused-ring (bicyclic) bond motifs is 1. The van der Waals surface area contributed by atoms with Crippen LogP contribution >= 0.6 is 23.8 Å². The summed E-state index contributed by atoms with van der Waals surface area (Å²) in [5, 5.41) is 10.8. The number of carbonyl (C=O) groups excluding carboxylic acids is 2. The molecule has 0 aliphatic rings. The Morgan fingerprint density at radius 1 is 0.727 bits per heavy atom. The van der Waals surface area contributed by atoms with E-state index in [2.05, 4.69) is 16.0 Å². The molecule has 0 spiro atoms. The van der Waals surface area contributed by atoms with Crippen LogP contribution in [0.2, 0.25) is 5.02 Å². The van der Waals surface area contributed by atoms with Crippen molar-refractivity contribution in [2.45, 2.75) is 6.42 Å². The van der Waals surface area contributed by atoms with Crippen LogP contribution in [0.5, 0.6) is 0 Å². The fourth-order valence-electron chi connectivity index (χ4n) is 3.43. The highest BCUT2D eigenvalue weighted by Gasteiger charge is 2.13. The lowest BCUT2D eigenvalue weighted by Gasteiger charge is -2.12. The molecule has 0 unspecified atom stereocenters. The fraction of sp³-hybridized carbons (Fsp3) is 0.0385. The first-order chi connectivity index (χ1) is 16.0. The molecule has 164 valence electrons. The molecule has 4 aromatic rings. The van der Waals surface area contributed by atoms with E-state index in [1.165, 1.54) is 0 Å². The first-order valence-electron chi connectivity index (χ1n) is 10.2. The zero-order valence-corrected chi connectivity index (χ0v) is 19.0. The maximum atomic E-state index is 12.8. The lowest BCUT2D eigenvalue weighted by Crippen LogP contribution is -2.34. The number of hydrogen-bond donors (Lipinski definition) is 3. The van der Waals surface area contributed by atoms with Crippen molar-refractivity contribution in [1.29, 1.82) is 0 Å². The van der Waals surface area contributed by atoms with Gasteiger partial charge in [-0.1, -0.05) is 66.2 Å². The van der Waals surface area contributed by atoms with Gasteiger partial charge >= 0.3 is 0 Å². The van der Waals surface area contributed by atoms with Crippen molar-refractivity contribution in [3.05, 3.63) is 107 Å². The Morgan fingerprint density at radius 3 is 2.09 bits per heavy atom. The molecule has 0 aliphatic heterocycles. The van der Waals surface area contributed by atoms with Crippen LogP contribution in [0.1, 0.15) is 15.9 Å². The Morgan fingerprint density at radius 2 is 1.36 bits per heavy atom. The topological polar surface area (TPSA) is 70.2 Å². The molecule has 0 saturated carbocycles. The summed E-state index contributed by atoms with van der Waals surface area (Å²) in [5.74, 6) is -0.426. The molecular formula is C26H20ClN3O2S. The second-order valence-corrected chi connectivity index (χ2v) is 8.15. The van der Waals surface area contributed by atoms with Crippen LogP contribution in [0.15, 0.2) is 91.0 Å². The van der Waals surface area contributed by atoms with Crippen molar-refractivity contribution >= 4 is 62.9 Å². The quantitative estimate of drug-likeness (QED) is 0.320. The molecule has 0 radical (unpaired) electrons. The second-order valence-electron chi connectivity index (χ2n) is 7.34. The van der Waals surface area contributed by atoms with E-state index < -0.39 is 0 Å². The number of carbonyl (C=O) groups is 2. The predicted octanol–water partition coefficient (Wildman–Crippen LogP) is 5.80. The van der Waals surface area contributed by atoms with E-state index in [1.807, 2.05) is 42.5 Å². The molecule has 4 rings (SSSR count). The summed E-state index contributed by atoms with van der Waals surface area (Å²) < 4.78 is 0. The fourth-order valence-corrected chi connectivity index (χ4v) is 3.87. The van der Waals surface area contributed by atoms with Crippen LogP contribution in [-0.4, -0.2) is 16.9 Å². The Labute approximate surface area is 201 Å². The van der Waals surface area contributed by atoms with Crippen LogP contribution in [0, 0.1) is 0 Å². The highest BCUT2D eigenvalue weighted by atomic mass is 35.5. The minimum Gasteiger partial charge on any atom is -0.332 e. The van der Waals surface area contributed by atoms with Gasteiger partial charge in [0.05, 0.1) is 6.42 Å². The van der Waals surface area contributed by atoms with E-state index >= 15 is 0 Å². The van der Waals surface area contributed by atoms with Gasteiger partial charge in [0, 0.05) is 27.3 Å². The van der Waals surface area contributed by atoms with E-state index in [0.717, 1.165) is 16.3 Å². The van der Waals surface area contributed by atoms with Crippen LogP contribution in [0.3, 0.4) is 0 Å². The molecule has 0 fully saturated rings. The standard InChI is InChI=1S/C26H20ClN3O2S/c27-23-11-5-8-20-21(23)9-4-10-22(20)25(32)30-26(33)29-19-14-12-18(13-15-19)28-24(31)16-17-6-2-1-3-7-17/h1-15H,16H2,(H,28,31)(H2,29,30,32,33). The van der Waals surface area contributed by atoms with Crippen molar-refractivity contribution < 1.29 is 9.59 Å². The van der Waals surface area contributed by atoms with E-state index in [9.17, 15) is 9.59 Å². The number of anilines is 2. The molecule has 5 nitrogen and oxygen atoms in total. The molecule has 3 N–H and O–H groups in total. The van der Waals surface area contributed by atoms with Gasteiger partial charge in [-0.2, -0.15) is 0 Å². The van der Waals surface area contributed by atoms with Crippen LogP contribution in [-0.2, 0) is 11.2 Å². The molecule has 0 aliphatic carbocycles. The summed E-state index contributed by atoms with van der Waals surface area (Å²) in [6.45, 7) is 0. The third kappa shape index (κ3) is 5.74. The van der Waals surface area contributed by atoms with Gasteiger partial charge in [0.1, 0.15) is 0 Å². The zero-order chi connectivity index (χ0) is 23.2. The van der Waals surface area contributed by atoms with Crippen molar-refractivity contribution in [2.75, 3.05) is 10.6 Å². The van der Waals surface area contributed by atoms with Gasteiger partial charge < -0.3 is 10.6 Å². The molecular weight excluding hydrogens is 454 g/mol. The van der Waals surface area contributed by atoms with E-state index in [-0.39, 0.29) is 16.9 Å². The molecule has 4 aromatic carbocycles. The number of halogens is 1. The molecule has 0 saturated heterocycles. The van der Waals surface area contributed by atoms with Gasteiger partial charge in [-0.15, -0.1) is 0 Å².